The predicted molar refractivity (Wildman–Crippen MR) is 76.6 cm³/mol. The van der Waals surface area contributed by atoms with E-state index in [1.165, 1.54) is 12.8 Å². The molecule has 1 aliphatic rings. The van der Waals surface area contributed by atoms with E-state index in [9.17, 15) is 4.79 Å². The van der Waals surface area contributed by atoms with Gasteiger partial charge in [0.15, 0.2) is 0 Å². The first-order valence-corrected chi connectivity index (χ1v) is 7.10. The van der Waals surface area contributed by atoms with Gasteiger partial charge in [-0.2, -0.15) is 0 Å². The van der Waals surface area contributed by atoms with Gasteiger partial charge in [-0.3, -0.25) is 10.1 Å². The third-order valence-electron chi connectivity index (χ3n) is 3.54. The summed E-state index contributed by atoms with van der Waals surface area (Å²) in [5.74, 6) is -0.0169. The van der Waals surface area contributed by atoms with Crippen LogP contribution in [-0.4, -0.2) is 40.2 Å². The maximum absolute atomic E-state index is 11.1. The van der Waals surface area contributed by atoms with E-state index in [0.29, 0.717) is 6.54 Å². The number of nitrogens with zero attached hydrogens (tertiary/aromatic N) is 3. The molecule has 2 N–H and O–H groups in total. The molecular weight excluding hydrogens is 256 g/mol. The van der Waals surface area contributed by atoms with Crippen LogP contribution in [0.15, 0.2) is 12.4 Å². The molecule has 0 aliphatic carbocycles. The Kier molecular flexibility index (Phi) is 4.89. The average molecular weight is 278 g/mol. The van der Waals surface area contributed by atoms with Crippen molar-refractivity contribution >= 4 is 11.9 Å². The minimum atomic E-state index is -0.824. The fourth-order valence-electron chi connectivity index (χ4n) is 2.36. The van der Waals surface area contributed by atoms with Crippen LogP contribution in [0.1, 0.15) is 32.3 Å². The van der Waals surface area contributed by atoms with Gasteiger partial charge < -0.3 is 10.0 Å². The van der Waals surface area contributed by atoms with Crippen LogP contribution in [0, 0.1) is 5.92 Å². The summed E-state index contributed by atoms with van der Waals surface area (Å²) in [5.41, 5.74) is 0.903. The van der Waals surface area contributed by atoms with Crippen LogP contribution in [0.4, 0.5) is 5.95 Å². The molecule has 20 heavy (non-hydrogen) atoms. The molecule has 6 heteroatoms. The zero-order valence-corrected chi connectivity index (χ0v) is 12.0. The van der Waals surface area contributed by atoms with Gasteiger partial charge >= 0.3 is 5.97 Å². The fourth-order valence-corrected chi connectivity index (χ4v) is 2.36. The maximum atomic E-state index is 11.1. The lowest BCUT2D eigenvalue weighted by molar-refractivity contribution is -0.140. The van der Waals surface area contributed by atoms with Gasteiger partial charge in [0, 0.05) is 37.6 Å². The molecule has 1 fully saturated rings. The summed E-state index contributed by atoms with van der Waals surface area (Å²) in [4.78, 5) is 22.0. The van der Waals surface area contributed by atoms with Gasteiger partial charge in [-0.25, -0.2) is 9.97 Å². The summed E-state index contributed by atoms with van der Waals surface area (Å²) in [7, 11) is 0. The van der Waals surface area contributed by atoms with E-state index >= 15 is 0 Å². The second-order valence-electron chi connectivity index (χ2n) is 5.53. The Morgan fingerprint density at radius 1 is 1.35 bits per heavy atom. The van der Waals surface area contributed by atoms with Crippen LogP contribution in [0.25, 0.3) is 0 Å². The van der Waals surface area contributed by atoms with Crippen molar-refractivity contribution in [2.45, 2.75) is 39.3 Å². The molecule has 1 aromatic heterocycles. The molecular formula is C14H22N4O2. The quantitative estimate of drug-likeness (QED) is 0.816. The minimum Gasteiger partial charge on any atom is -0.480 e. The Morgan fingerprint density at radius 2 is 1.95 bits per heavy atom. The Balaban J connectivity index is 1.91. The molecule has 0 saturated carbocycles. The van der Waals surface area contributed by atoms with Crippen molar-refractivity contribution in [2.24, 2.45) is 5.92 Å². The van der Waals surface area contributed by atoms with Crippen LogP contribution >= 0.6 is 0 Å². The van der Waals surface area contributed by atoms with Gasteiger partial charge in [-0.05, 0) is 18.8 Å². The van der Waals surface area contributed by atoms with Crippen molar-refractivity contribution in [2.75, 3.05) is 18.0 Å². The molecule has 110 valence electrons. The monoisotopic (exact) mass is 278 g/mol. The molecule has 1 atom stereocenters. The number of hydrogen-bond acceptors (Lipinski definition) is 5. The third-order valence-corrected chi connectivity index (χ3v) is 3.54. The van der Waals surface area contributed by atoms with Crippen LogP contribution in [0.3, 0.4) is 0 Å². The maximum Gasteiger partial charge on any atom is 0.320 e. The van der Waals surface area contributed by atoms with E-state index < -0.39 is 12.0 Å². The Bertz CT molecular complexity index is 441. The Labute approximate surface area is 119 Å². The Morgan fingerprint density at radius 3 is 2.45 bits per heavy atom. The highest BCUT2D eigenvalue weighted by molar-refractivity contribution is 5.73. The lowest BCUT2D eigenvalue weighted by atomic mass is 10.0. The summed E-state index contributed by atoms with van der Waals surface area (Å²) in [6.07, 6.45) is 5.93. The van der Waals surface area contributed by atoms with Crippen LogP contribution < -0.4 is 10.2 Å². The number of hydrogen-bond donors (Lipinski definition) is 2. The highest BCUT2D eigenvalue weighted by Gasteiger charge is 2.20. The Hall–Kier alpha value is -1.69. The summed E-state index contributed by atoms with van der Waals surface area (Å²) in [6.45, 7) is 6.28. The normalized spacial score (nSPS) is 16.6. The van der Waals surface area contributed by atoms with Crippen LogP contribution in [0.5, 0.6) is 0 Å². The van der Waals surface area contributed by atoms with Crippen molar-refractivity contribution in [3.63, 3.8) is 0 Å². The molecule has 0 spiro atoms. The first-order chi connectivity index (χ1) is 9.58. The zero-order chi connectivity index (χ0) is 14.5. The largest absolute Gasteiger partial charge is 0.480 e. The second kappa shape index (κ2) is 6.65. The van der Waals surface area contributed by atoms with E-state index in [4.69, 9.17) is 5.11 Å². The van der Waals surface area contributed by atoms with Crippen molar-refractivity contribution in [3.05, 3.63) is 18.0 Å². The number of carboxylic acid groups (broad SMARTS) is 1. The predicted octanol–water partition coefficient (Wildman–Crippen LogP) is 1.28. The highest BCUT2D eigenvalue weighted by atomic mass is 16.4. The number of rotatable bonds is 6. The molecule has 1 aliphatic heterocycles. The summed E-state index contributed by atoms with van der Waals surface area (Å²) in [5, 5.41) is 12.1. The molecule has 2 rings (SSSR count). The van der Waals surface area contributed by atoms with Crippen molar-refractivity contribution < 1.29 is 9.90 Å². The smallest absolute Gasteiger partial charge is 0.320 e. The first-order valence-electron chi connectivity index (χ1n) is 7.10. The molecule has 1 saturated heterocycles. The molecule has 0 radical (unpaired) electrons. The number of carboxylic acids is 1. The van der Waals surface area contributed by atoms with Gasteiger partial charge in [0.1, 0.15) is 6.04 Å². The number of anilines is 1. The average Bonchev–Trinajstić information content (AvgIpc) is 2.92. The topological polar surface area (TPSA) is 78.4 Å². The first kappa shape index (κ1) is 14.7. The van der Waals surface area contributed by atoms with Gasteiger partial charge in [-0.15, -0.1) is 0 Å². The molecule has 6 nitrogen and oxygen atoms in total. The lowest BCUT2D eigenvalue weighted by Crippen LogP contribution is -2.40. The van der Waals surface area contributed by atoms with E-state index in [1.54, 1.807) is 12.4 Å². The van der Waals surface area contributed by atoms with Gasteiger partial charge in [-0.1, -0.05) is 13.8 Å². The lowest BCUT2D eigenvalue weighted by Gasteiger charge is -2.18. The molecule has 2 heterocycles. The standard InChI is InChI=1S/C14H22N4O2/c1-10(2)12(13(19)20)15-7-11-8-16-14(17-9-11)18-5-3-4-6-18/h8-10,12,15H,3-7H2,1-2H3,(H,19,20). The van der Waals surface area contributed by atoms with E-state index in [2.05, 4.69) is 20.2 Å². The number of nitrogens with one attached hydrogen (secondary N) is 1. The van der Waals surface area contributed by atoms with E-state index in [0.717, 1.165) is 24.6 Å². The number of carbonyl (C=O) groups is 1. The van der Waals surface area contributed by atoms with Crippen molar-refractivity contribution in [1.82, 2.24) is 15.3 Å². The van der Waals surface area contributed by atoms with E-state index in [-0.39, 0.29) is 5.92 Å². The van der Waals surface area contributed by atoms with Crippen molar-refractivity contribution in [1.29, 1.82) is 0 Å². The molecule has 0 bridgehead atoms. The van der Waals surface area contributed by atoms with Crippen LogP contribution in [-0.2, 0) is 11.3 Å². The van der Waals surface area contributed by atoms with Gasteiger partial charge in [0.2, 0.25) is 5.95 Å². The summed E-state index contributed by atoms with van der Waals surface area (Å²) in [6, 6.07) is -0.548. The molecule has 1 unspecified atom stereocenters. The summed E-state index contributed by atoms with van der Waals surface area (Å²) >= 11 is 0. The van der Waals surface area contributed by atoms with Gasteiger partial charge in [0.05, 0.1) is 0 Å². The molecule has 0 aromatic carbocycles. The molecule has 0 amide bonds. The van der Waals surface area contributed by atoms with Crippen molar-refractivity contribution in [3.8, 4) is 0 Å². The van der Waals surface area contributed by atoms with Gasteiger partial charge in [0.25, 0.3) is 0 Å². The SMILES string of the molecule is CC(C)C(NCc1cnc(N2CCCC2)nc1)C(=O)O. The minimum absolute atomic E-state index is 0.0392. The highest BCUT2D eigenvalue weighted by Crippen LogP contribution is 2.14. The second-order valence-corrected chi connectivity index (χ2v) is 5.53. The zero-order valence-electron chi connectivity index (χ0n) is 12.0. The summed E-state index contributed by atoms with van der Waals surface area (Å²) < 4.78 is 0. The van der Waals surface area contributed by atoms with E-state index in [1.807, 2.05) is 13.8 Å². The number of aliphatic carboxylic acids is 1. The fraction of sp³-hybridized carbons (Fsp3) is 0.643. The molecule has 1 aromatic rings. The number of aromatic nitrogens is 2. The van der Waals surface area contributed by atoms with Crippen LogP contribution in [0.2, 0.25) is 0 Å². The third kappa shape index (κ3) is 3.66.